The highest BCUT2D eigenvalue weighted by atomic mass is 79.9. The van der Waals surface area contributed by atoms with Crippen LogP contribution in [0.4, 0.5) is 5.69 Å². The lowest BCUT2D eigenvalue weighted by atomic mass is 9.85. The molecule has 6 heteroatoms. The molecule has 0 fully saturated rings. The van der Waals surface area contributed by atoms with Crippen LogP contribution in [0.15, 0.2) is 45.3 Å². The fourth-order valence-electron chi connectivity index (χ4n) is 3.30. The first-order valence-corrected chi connectivity index (χ1v) is 8.62. The zero-order chi connectivity index (χ0) is 16.4. The van der Waals surface area contributed by atoms with Crippen LogP contribution in [-0.4, -0.2) is 16.0 Å². The highest BCUT2D eigenvalue weighted by Crippen LogP contribution is 2.48. The molecule has 4 nitrogen and oxygen atoms in total. The molecule has 1 amide bonds. The number of aromatic amines is 1. The van der Waals surface area contributed by atoms with Crippen molar-refractivity contribution in [2.75, 3.05) is 5.32 Å². The van der Waals surface area contributed by atoms with Crippen LogP contribution in [-0.2, 0) is 10.4 Å². The number of rotatable bonds is 1. The van der Waals surface area contributed by atoms with Gasteiger partial charge in [-0.3, -0.25) is 4.79 Å². The molecule has 1 atom stereocenters. The average molecular weight is 436 g/mol. The normalized spacial score (nSPS) is 19.9. The molecule has 2 aromatic carbocycles. The minimum Gasteiger partial charge on any atom is -0.372 e. The van der Waals surface area contributed by atoms with E-state index in [2.05, 4.69) is 42.2 Å². The number of anilines is 1. The molecule has 0 saturated heterocycles. The van der Waals surface area contributed by atoms with Crippen molar-refractivity contribution in [3.63, 3.8) is 0 Å². The van der Waals surface area contributed by atoms with Crippen molar-refractivity contribution in [1.82, 2.24) is 4.98 Å². The first-order chi connectivity index (χ1) is 10.9. The van der Waals surface area contributed by atoms with E-state index in [0.717, 1.165) is 25.5 Å². The molecule has 1 unspecified atom stereocenters. The highest BCUT2D eigenvalue weighted by molar-refractivity contribution is 9.11. The van der Waals surface area contributed by atoms with Crippen molar-refractivity contribution in [3.05, 3.63) is 62.2 Å². The molecule has 0 saturated carbocycles. The number of hydrogen-bond donors (Lipinski definition) is 3. The zero-order valence-corrected chi connectivity index (χ0v) is 15.2. The van der Waals surface area contributed by atoms with Crippen LogP contribution in [0.3, 0.4) is 0 Å². The van der Waals surface area contributed by atoms with Gasteiger partial charge in [-0.2, -0.15) is 0 Å². The van der Waals surface area contributed by atoms with E-state index in [0.29, 0.717) is 16.8 Å². The summed E-state index contributed by atoms with van der Waals surface area (Å²) in [6.45, 7) is 1.87. The van der Waals surface area contributed by atoms with E-state index in [9.17, 15) is 9.90 Å². The number of H-pyrrole nitrogens is 1. The minimum atomic E-state index is -1.73. The summed E-state index contributed by atoms with van der Waals surface area (Å²) in [5, 5.41) is 15.1. The second-order valence-electron chi connectivity index (χ2n) is 5.65. The number of carbonyl (C=O) groups is 1. The maximum atomic E-state index is 12.7. The molecule has 3 N–H and O–H groups in total. The molecule has 1 aromatic heterocycles. The van der Waals surface area contributed by atoms with Crippen molar-refractivity contribution in [2.45, 2.75) is 12.5 Å². The first-order valence-electron chi connectivity index (χ1n) is 7.04. The predicted molar refractivity (Wildman–Crippen MR) is 96.5 cm³/mol. The number of carbonyl (C=O) groups excluding carboxylic acids is 1. The van der Waals surface area contributed by atoms with Gasteiger partial charge in [0.2, 0.25) is 0 Å². The van der Waals surface area contributed by atoms with Crippen molar-refractivity contribution in [1.29, 1.82) is 0 Å². The third-order valence-corrected chi connectivity index (χ3v) is 5.35. The Morgan fingerprint density at radius 1 is 1.17 bits per heavy atom. The Morgan fingerprint density at radius 2 is 1.91 bits per heavy atom. The lowest BCUT2D eigenvalue weighted by molar-refractivity contribution is -0.129. The second kappa shape index (κ2) is 4.93. The van der Waals surface area contributed by atoms with Crippen LogP contribution in [0.1, 0.15) is 16.8 Å². The summed E-state index contributed by atoms with van der Waals surface area (Å²) < 4.78 is 1.51. The fraction of sp³-hybridized carbons (Fsp3) is 0.118. The third kappa shape index (κ3) is 1.95. The molecular weight excluding hydrogens is 424 g/mol. The quantitative estimate of drug-likeness (QED) is 0.536. The lowest BCUT2D eigenvalue weighted by Crippen LogP contribution is -2.35. The number of aromatic nitrogens is 1. The molecule has 1 aliphatic heterocycles. The number of amides is 1. The SMILES string of the molecule is Cc1[nH]c2ccccc2c1C1(O)C(=O)Nc2c(Br)cc(Br)cc21. The summed E-state index contributed by atoms with van der Waals surface area (Å²) >= 11 is 6.88. The molecule has 0 aliphatic carbocycles. The zero-order valence-electron chi connectivity index (χ0n) is 12.1. The van der Waals surface area contributed by atoms with Crippen LogP contribution >= 0.6 is 31.9 Å². The first kappa shape index (κ1) is 14.9. The number of hydrogen-bond acceptors (Lipinski definition) is 2. The van der Waals surface area contributed by atoms with E-state index in [4.69, 9.17) is 0 Å². The summed E-state index contributed by atoms with van der Waals surface area (Å²) in [5.41, 5.74) is 1.67. The standard InChI is InChI=1S/C17H12Br2N2O2/c1-8-14(10-4-2-3-5-13(10)20-8)17(23)11-6-9(18)7-12(19)15(11)21-16(17)22/h2-7,20,23H,1H3,(H,21,22). The number of halogens is 2. The van der Waals surface area contributed by atoms with E-state index in [-0.39, 0.29) is 0 Å². The average Bonchev–Trinajstić information content (AvgIpc) is 2.96. The van der Waals surface area contributed by atoms with Gasteiger partial charge < -0.3 is 15.4 Å². The van der Waals surface area contributed by atoms with Gasteiger partial charge in [-0.1, -0.05) is 34.1 Å². The molecule has 3 aromatic rings. The molecule has 2 heterocycles. The predicted octanol–water partition coefficient (Wildman–Crippen LogP) is 4.19. The number of para-hydroxylation sites is 1. The van der Waals surface area contributed by atoms with Crippen LogP contribution in [0.2, 0.25) is 0 Å². The Kier molecular flexibility index (Phi) is 3.20. The van der Waals surface area contributed by atoms with Gasteiger partial charge in [0.05, 0.1) is 5.69 Å². The molecule has 0 bridgehead atoms. The maximum Gasteiger partial charge on any atom is 0.266 e. The van der Waals surface area contributed by atoms with Gasteiger partial charge in [-0.05, 0) is 41.1 Å². The van der Waals surface area contributed by atoms with E-state index < -0.39 is 11.5 Å². The van der Waals surface area contributed by atoms with Crippen molar-refractivity contribution in [3.8, 4) is 0 Å². The summed E-state index contributed by atoms with van der Waals surface area (Å²) in [5.74, 6) is -0.445. The molecule has 4 rings (SSSR count). The Hall–Kier alpha value is -1.63. The van der Waals surface area contributed by atoms with Gasteiger partial charge in [0.25, 0.3) is 5.91 Å². The highest BCUT2D eigenvalue weighted by Gasteiger charge is 2.50. The van der Waals surface area contributed by atoms with Gasteiger partial charge in [-0.25, -0.2) is 0 Å². The van der Waals surface area contributed by atoms with Crippen molar-refractivity contribution >= 4 is 54.4 Å². The summed E-state index contributed by atoms with van der Waals surface area (Å²) in [7, 11) is 0. The second-order valence-corrected chi connectivity index (χ2v) is 7.42. The van der Waals surface area contributed by atoms with Gasteiger partial charge >= 0.3 is 0 Å². The number of nitrogens with one attached hydrogen (secondary N) is 2. The Morgan fingerprint density at radius 3 is 2.70 bits per heavy atom. The van der Waals surface area contributed by atoms with Crippen LogP contribution in [0.25, 0.3) is 10.9 Å². The van der Waals surface area contributed by atoms with Crippen molar-refractivity contribution < 1.29 is 9.90 Å². The third-order valence-electron chi connectivity index (χ3n) is 4.27. The topological polar surface area (TPSA) is 65.1 Å². The van der Waals surface area contributed by atoms with E-state index in [1.165, 1.54) is 0 Å². The van der Waals surface area contributed by atoms with Gasteiger partial charge in [0.15, 0.2) is 5.60 Å². The Balaban J connectivity index is 2.09. The van der Waals surface area contributed by atoms with Gasteiger partial charge in [-0.15, -0.1) is 0 Å². The number of aryl methyl sites for hydroxylation is 1. The Labute approximate surface area is 149 Å². The van der Waals surface area contributed by atoms with Crippen molar-refractivity contribution in [2.24, 2.45) is 0 Å². The Bertz CT molecular complexity index is 980. The maximum absolute atomic E-state index is 12.7. The van der Waals surface area contributed by atoms with Gasteiger partial charge in [0.1, 0.15) is 0 Å². The molecule has 116 valence electrons. The summed E-state index contributed by atoms with van der Waals surface area (Å²) in [6.07, 6.45) is 0. The smallest absolute Gasteiger partial charge is 0.266 e. The fourth-order valence-corrected chi connectivity index (χ4v) is 4.63. The molecule has 0 spiro atoms. The van der Waals surface area contributed by atoms with Crippen LogP contribution in [0, 0.1) is 6.92 Å². The monoisotopic (exact) mass is 434 g/mol. The van der Waals surface area contributed by atoms with E-state index in [1.807, 2.05) is 37.3 Å². The van der Waals surface area contributed by atoms with Crippen LogP contribution < -0.4 is 5.32 Å². The van der Waals surface area contributed by atoms with Crippen LogP contribution in [0.5, 0.6) is 0 Å². The minimum absolute atomic E-state index is 0.445. The number of aliphatic hydroxyl groups is 1. The lowest BCUT2D eigenvalue weighted by Gasteiger charge is -2.22. The van der Waals surface area contributed by atoms with E-state index >= 15 is 0 Å². The number of benzene rings is 2. The van der Waals surface area contributed by atoms with E-state index in [1.54, 1.807) is 6.07 Å². The summed E-state index contributed by atoms with van der Waals surface area (Å²) in [4.78, 5) is 15.9. The molecule has 0 radical (unpaired) electrons. The molecule has 23 heavy (non-hydrogen) atoms. The largest absolute Gasteiger partial charge is 0.372 e. The molecule has 1 aliphatic rings. The summed E-state index contributed by atoms with van der Waals surface area (Å²) in [6, 6.07) is 11.3. The van der Waals surface area contributed by atoms with Gasteiger partial charge in [0, 0.05) is 36.7 Å². The number of fused-ring (bicyclic) bond motifs is 2. The molecular formula is C17H12Br2N2O2.